The second-order valence-electron chi connectivity index (χ2n) is 4.02. The van der Waals surface area contributed by atoms with Crippen molar-refractivity contribution >= 4 is 11.8 Å². The molecule has 0 rings (SSSR count). The van der Waals surface area contributed by atoms with E-state index in [-0.39, 0.29) is 18.2 Å². The third kappa shape index (κ3) is 13.3. The average molecular weight is 290 g/mol. The molecule has 7 heteroatoms. The van der Waals surface area contributed by atoms with E-state index in [0.29, 0.717) is 46.1 Å². The fourth-order valence-electron chi connectivity index (χ4n) is 1.24. The highest BCUT2D eigenvalue weighted by molar-refractivity contribution is 5.81. The quantitative estimate of drug-likeness (QED) is 0.401. The van der Waals surface area contributed by atoms with Crippen molar-refractivity contribution in [2.24, 2.45) is 0 Å². The molecule has 0 atom stereocenters. The number of nitrogens with one attached hydrogen (secondary N) is 2. The summed E-state index contributed by atoms with van der Waals surface area (Å²) in [6, 6.07) is 0. The van der Waals surface area contributed by atoms with Crippen LogP contribution in [0.5, 0.6) is 0 Å². The van der Waals surface area contributed by atoms with Gasteiger partial charge in [0.1, 0.15) is 0 Å². The number of carbonyl (C=O) groups is 2. The molecule has 0 aliphatic carbocycles. The average Bonchev–Trinajstić information content (AvgIpc) is 2.43. The zero-order valence-corrected chi connectivity index (χ0v) is 12.4. The molecule has 0 radical (unpaired) electrons. The molecule has 0 spiro atoms. The predicted octanol–water partition coefficient (Wildman–Crippen LogP) is 0.394. The molecular formula is C13H26N2O5. The van der Waals surface area contributed by atoms with Crippen molar-refractivity contribution in [3.63, 3.8) is 0 Å². The van der Waals surface area contributed by atoms with Crippen molar-refractivity contribution < 1.29 is 23.8 Å². The molecule has 2 N–H and O–H groups in total. The van der Waals surface area contributed by atoms with Crippen molar-refractivity contribution in [1.29, 1.82) is 0 Å². The number of hydrazine groups is 1. The molecule has 0 aromatic rings. The summed E-state index contributed by atoms with van der Waals surface area (Å²) in [7, 11) is 0. The number of amides is 2. The molecule has 7 nitrogen and oxygen atoms in total. The van der Waals surface area contributed by atoms with Gasteiger partial charge in [0.25, 0.3) is 0 Å². The van der Waals surface area contributed by atoms with Crippen LogP contribution in [-0.4, -0.2) is 51.5 Å². The Balaban J connectivity index is 3.25. The lowest BCUT2D eigenvalue weighted by molar-refractivity contribution is -0.129. The fraction of sp³-hybridized carbons (Fsp3) is 0.846. The van der Waals surface area contributed by atoms with E-state index in [2.05, 4.69) is 10.9 Å². The molecule has 0 heterocycles. The first-order valence-electron chi connectivity index (χ1n) is 7.01. The normalized spacial score (nSPS) is 10.3. The van der Waals surface area contributed by atoms with Crippen molar-refractivity contribution in [3.05, 3.63) is 0 Å². The van der Waals surface area contributed by atoms with E-state index in [1.807, 2.05) is 13.8 Å². The maximum absolute atomic E-state index is 11.3. The minimum absolute atomic E-state index is 0.190. The van der Waals surface area contributed by atoms with Gasteiger partial charge in [-0.1, -0.05) is 6.92 Å². The summed E-state index contributed by atoms with van der Waals surface area (Å²) in [6.07, 6.45) is 1.34. The summed E-state index contributed by atoms with van der Waals surface area (Å²) in [5.41, 5.74) is 4.66. The number of rotatable bonds is 12. The second kappa shape index (κ2) is 14.2. The van der Waals surface area contributed by atoms with Crippen LogP contribution < -0.4 is 10.9 Å². The van der Waals surface area contributed by atoms with Crippen LogP contribution in [0.4, 0.5) is 0 Å². The first-order valence-corrected chi connectivity index (χ1v) is 7.01. The van der Waals surface area contributed by atoms with Crippen LogP contribution in [-0.2, 0) is 23.8 Å². The number of carbonyl (C=O) groups excluding carboxylic acids is 2. The largest absolute Gasteiger partial charge is 0.379 e. The first kappa shape index (κ1) is 18.8. The predicted molar refractivity (Wildman–Crippen MR) is 73.9 cm³/mol. The Bertz CT molecular complexity index is 261. The lowest BCUT2D eigenvalue weighted by Gasteiger charge is -2.07. The molecule has 0 bridgehead atoms. The van der Waals surface area contributed by atoms with Gasteiger partial charge in [-0.25, -0.2) is 0 Å². The van der Waals surface area contributed by atoms with Crippen molar-refractivity contribution in [2.75, 3.05) is 39.6 Å². The Hall–Kier alpha value is -1.18. The van der Waals surface area contributed by atoms with Gasteiger partial charge in [-0.2, -0.15) is 0 Å². The fourth-order valence-corrected chi connectivity index (χ4v) is 1.24. The Kier molecular flexibility index (Phi) is 13.4. The third-order valence-corrected chi connectivity index (χ3v) is 2.24. The molecular weight excluding hydrogens is 264 g/mol. The summed E-state index contributed by atoms with van der Waals surface area (Å²) >= 11 is 0. The van der Waals surface area contributed by atoms with Gasteiger partial charge < -0.3 is 14.2 Å². The van der Waals surface area contributed by atoms with Crippen LogP contribution in [0.2, 0.25) is 0 Å². The molecule has 2 amide bonds. The Morgan fingerprint density at radius 3 is 1.80 bits per heavy atom. The van der Waals surface area contributed by atoms with Crippen molar-refractivity contribution in [1.82, 2.24) is 10.9 Å². The molecule has 20 heavy (non-hydrogen) atoms. The Morgan fingerprint density at radius 2 is 1.25 bits per heavy atom. The monoisotopic (exact) mass is 290 g/mol. The van der Waals surface area contributed by atoms with Gasteiger partial charge in [-0.05, 0) is 13.3 Å². The van der Waals surface area contributed by atoms with Crippen LogP contribution in [0, 0.1) is 0 Å². The summed E-state index contributed by atoms with van der Waals surface area (Å²) in [5.74, 6) is -0.462. The molecule has 0 aliphatic rings. The van der Waals surface area contributed by atoms with Gasteiger partial charge in [0.2, 0.25) is 11.8 Å². The molecule has 0 saturated carbocycles. The minimum atomic E-state index is -0.272. The van der Waals surface area contributed by atoms with Crippen LogP contribution in [0.3, 0.4) is 0 Å². The van der Waals surface area contributed by atoms with E-state index >= 15 is 0 Å². The van der Waals surface area contributed by atoms with Gasteiger partial charge in [0, 0.05) is 13.0 Å². The smallest absolute Gasteiger partial charge is 0.240 e. The van der Waals surface area contributed by atoms with E-state index in [1.54, 1.807) is 0 Å². The standard InChI is InChI=1S/C13H26N2O5/c1-3-5-12(16)14-15-13(17)6-7-19-10-11-20-9-8-18-4-2/h3-11H2,1-2H3,(H,14,16)(H,15,17). The summed E-state index contributed by atoms with van der Waals surface area (Å²) in [6.45, 7) is 6.83. The topological polar surface area (TPSA) is 85.9 Å². The number of hydrogen-bond acceptors (Lipinski definition) is 5. The Labute approximate surface area is 120 Å². The van der Waals surface area contributed by atoms with Crippen molar-refractivity contribution in [2.45, 2.75) is 33.1 Å². The molecule has 0 unspecified atom stereocenters. The highest BCUT2D eigenvalue weighted by Gasteiger charge is 2.03. The number of ether oxygens (including phenoxy) is 3. The molecule has 0 saturated heterocycles. The van der Waals surface area contributed by atoms with Gasteiger partial charge >= 0.3 is 0 Å². The van der Waals surface area contributed by atoms with Crippen LogP contribution in [0.25, 0.3) is 0 Å². The van der Waals surface area contributed by atoms with E-state index < -0.39 is 0 Å². The van der Waals surface area contributed by atoms with E-state index in [0.717, 1.165) is 6.42 Å². The SMILES string of the molecule is CCCC(=O)NNC(=O)CCOCCOCCOCC. The van der Waals surface area contributed by atoms with Crippen LogP contribution in [0.15, 0.2) is 0 Å². The summed E-state index contributed by atoms with van der Waals surface area (Å²) in [4.78, 5) is 22.4. The molecule has 0 aromatic heterocycles. The van der Waals surface area contributed by atoms with E-state index in [9.17, 15) is 9.59 Å². The minimum Gasteiger partial charge on any atom is -0.379 e. The van der Waals surface area contributed by atoms with Crippen molar-refractivity contribution in [3.8, 4) is 0 Å². The second-order valence-corrected chi connectivity index (χ2v) is 4.02. The summed E-state index contributed by atoms with van der Waals surface area (Å²) < 4.78 is 15.6. The van der Waals surface area contributed by atoms with E-state index in [1.165, 1.54) is 0 Å². The summed E-state index contributed by atoms with van der Waals surface area (Å²) in [5, 5.41) is 0. The lowest BCUT2D eigenvalue weighted by Crippen LogP contribution is -2.41. The molecule has 118 valence electrons. The van der Waals surface area contributed by atoms with Crippen LogP contribution >= 0.6 is 0 Å². The highest BCUT2D eigenvalue weighted by Crippen LogP contribution is 1.86. The maximum Gasteiger partial charge on any atom is 0.240 e. The first-order chi connectivity index (χ1) is 9.70. The third-order valence-electron chi connectivity index (χ3n) is 2.24. The lowest BCUT2D eigenvalue weighted by atomic mass is 10.3. The Morgan fingerprint density at radius 1 is 0.750 bits per heavy atom. The van der Waals surface area contributed by atoms with Gasteiger partial charge in [-0.15, -0.1) is 0 Å². The van der Waals surface area contributed by atoms with Crippen LogP contribution in [0.1, 0.15) is 33.1 Å². The zero-order valence-electron chi connectivity index (χ0n) is 12.4. The zero-order chi connectivity index (χ0) is 15.1. The van der Waals surface area contributed by atoms with E-state index in [4.69, 9.17) is 14.2 Å². The van der Waals surface area contributed by atoms with Gasteiger partial charge in [0.15, 0.2) is 0 Å². The van der Waals surface area contributed by atoms with Gasteiger partial charge in [-0.3, -0.25) is 20.4 Å². The molecule has 0 fully saturated rings. The van der Waals surface area contributed by atoms with Gasteiger partial charge in [0.05, 0.1) is 39.5 Å². The molecule has 0 aromatic carbocycles. The highest BCUT2D eigenvalue weighted by atomic mass is 16.5. The number of hydrogen-bond donors (Lipinski definition) is 2. The molecule has 0 aliphatic heterocycles. The maximum atomic E-state index is 11.3.